The fourth-order valence-corrected chi connectivity index (χ4v) is 4.89. The highest BCUT2D eigenvalue weighted by Crippen LogP contribution is 2.43. The van der Waals surface area contributed by atoms with Gasteiger partial charge in [0.2, 0.25) is 5.90 Å². The van der Waals surface area contributed by atoms with Crippen LogP contribution in [-0.2, 0) is 25.6 Å². The molecule has 0 unspecified atom stereocenters. The van der Waals surface area contributed by atoms with E-state index in [2.05, 4.69) is 26.8 Å². The number of aliphatic imine (C=N–C) groups is 1. The second-order valence-electron chi connectivity index (χ2n) is 11.4. The number of hydrogen-bond donors (Lipinski definition) is 3. The molecular formula is C33H37BrFN3O6. The average Bonchev–Trinajstić information content (AvgIpc) is 3.38. The van der Waals surface area contributed by atoms with Gasteiger partial charge in [0.15, 0.2) is 11.6 Å². The second kappa shape index (κ2) is 14.8. The van der Waals surface area contributed by atoms with Gasteiger partial charge in [-0.15, -0.1) is 0 Å². The van der Waals surface area contributed by atoms with Crippen LogP contribution in [0.5, 0.6) is 5.75 Å². The maximum atomic E-state index is 14.1. The normalized spacial score (nSPS) is 17.9. The number of aliphatic hydroxyl groups is 1. The minimum absolute atomic E-state index is 0.00143. The first kappa shape index (κ1) is 33.1. The lowest BCUT2D eigenvalue weighted by molar-refractivity contribution is -0.155. The van der Waals surface area contributed by atoms with Gasteiger partial charge in [-0.05, 0) is 86.8 Å². The number of halogens is 2. The highest BCUT2D eigenvalue weighted by molar-refractivity contribution is 9.10. The van der Waals surface area contributed by atoms with E-state index in [-0.39, 0.29) is 37.7 Å². The standard InChI is InChI=1S/C33H37BrFN3O6/c1-32(2,3)44-28(40)17-18-33(31(41)38-36-21-22-5-13-26(35)14-6-22)29(23-7-11-25(34)12-8-23)43-30(37-33)24-9-15-27(16-10-24)42-20-4-19-39/h5-16,29,36,39H,4,17-21H2,1-3H3,(H,38,41)/t29-,33-/m0/s1. The second-order valence-corrected chi connectivity index (χ2v) is 12.3. The molecule has 4 rings (SSSR count). The van der Waals surface area contributed by atoms with E-state index in [1.54, 1.807) is 57.2 Å². The van der Waals surface area contributed by atoms with E-state index in [4.69, 9.17) is 24.3 Å². The van der Waals surface area contributed by atoms with Gasteiger partial charge in [-0.25, -0.2) is 14.8 Å². The number of carbonyl (C=O) groups is 2. The number of aliphatic hydroxyl groups excluding tert-OH is 1. The first-order valence-corrected chi connectivity index (χ1v) is 15.1. The monoisotopic (exact) mass is 669 g/mol. The van der Waals surface area contributed by atoms with E-state index in [0.29, 0.717) is 29.9 Å². The van der Waals surface area contributed by atoms with Gasteiger partial charge < -0.3 is 19.3 Å². The van der Waals surface area contributed by atoms with Crippen molar-refractivity contribution in [1.29, 1.82) is 0 Å². The molecular weight excluding hydrogens is 633 g/mol. The van der Waals surface area contributed by atoms with Crippen LogP contribution in [0, 0.1) is 5.82 Å². The Balaban J connectivity index is 1.67. The zero-order valence-electron chi connectivity index (χ0n) is 24.9. The number of nitrogens with one attached hydrogen (secondary N) is 2. The van der Waals surface area contributed by atoms with Crippen molar-refractivity contribution in [1.82, 2.24) is 10.9 Å². The minimum Gasteiger partial charge on any atom is -0.494 e. The number of benzene rings is 3. The van der Waals surface area contributed by atoms with Gasteiger partial charge >= 0.3 is 5.97 Å². The Kier molecular flexibility index (Phi) is 11.1. The summed E-state index contributed by atoms with van der Waals surface area (Å²) in [4.78, 5) is 31.9. The molecule has 11 heteroatoms. The summed E-state index contributed by atoms with van der Waals surface area (Å²) in [5.41, 5.74) is 5.48. The maximum Gasteiger partial charge on any atom is 0.306 e. The SMILES string of the molecule is CC(C)(C)OC(=O)CC[C@]1(C(=O)NNCc2ccc(F)cc2)N=C(c2ccc(OCCCO)cc2)O[C@H]1c1ccc(Br)cc1. The Morgan fingerprint density at radius 1 is 1.05 bits per heavy atom. The van der Waals surface area contributed by atoms with Crippen molar-refractivity contribution in [3.63, 3.8) is 0 Å². The van der Waals surface area contributed by atoms with Crippen molar-refractivity contribution in [2.75, 3.05) is 13.2 Å². The number of hydrogen-bond acceptors (Lipinski definition) is 8. The van der Waals surface area contributed by atoms with Gasteiger partial charge in [-0.3, -0.25) is 15.0 Å². The van der Waals surface area contributed by atoms with E-state index in [1.165, 1.54) is 12.1 Å². The summed E-state index contributed by atoms with van der Waals surface area (Å²) < 4.78 is 31.9. The van der Waals surface area contributed by atoms with Crippen molar-refractivity contribution in [3.8, 4) is 5.75 Å². The fraction of sp³-hybridized carbons (Fsp3) is 0.364. The molecule has 0 radical (unpaired) electrons. The van der Waals surface area contributed by atoms with Crippen LogP contribution in [0.15, 0.2) is 82.3 Å². The Labute approximate surface area is 264 Å². The molecule has 9 nitrogen and oxygen atoms in total. The third-order valence-electron chi connectivity index (χ3n) is 6.74. The van der Waals surface area contributed by atoms with Gasteiger partial charge in [-0.2, -0.15) is 0 Å². The molecule has 3 aromatic rings. The van der Waals surface area contributed by atoms with Crippen molar-refractivity contribution < 1.29 is 33.3 Å². The van der Waals surface area contributed by atoms with E-state index in [9.17, 15) is 14.0 Å². The summed E-state index contributed by atoms with van der Waals surface area (Å²) in [6.45, 7) is 5.98. The summed E-state index contributed by atoms with van der Waals surface area (Å²) >= 11 is 3.46. The summed E-state index contributed by atoms with van der Waals surface area (Å²) in [5.74, 6) is -0.477. The third-order valence-corrected chi connectivity index (χ3v) is 7.27. The number of nitrogens with zero attached hydrogens (tertiary/aromatic N) is 1. The molecule has 0 aromatic heterocycles. The molecule has 1 amide bonds. The van der Waals surface area contributed by atoms with Gasteiger partial charge in [0.1, 0.15) is 17.2 Å². The van der Waals surface area contributed by atoms with Gasteiger partial charge in [-0.1, -0.05) is 40.2 Å². The molecule has 2 atom stereocenters. The quantitative estimate of drug-likeness (QED) is 0.124. The lowest BCUT2D eigenvalue weighted by Crippen LogP contribution is -2.52. The van der Waals surface area contributed by atoms with Crippen LogP contribution in [0.25, 0.3) is 0 Å². The van der Waals surface area contributed by atoms with E-state index >= 15 is 0 Å². The summed E-state index contributed by atoms with van der Waals surface area (Å²) in [5, 5.41) is 9.02. The molecule has 0 aliphatic carbocycles. The number of ether oxygens (including phenoxy) is 3. The molecule has 3 N–H and O–H groups in total. The predicted molar refractivity (Wildman–Crippen MR) is 167 cm³/mol. The van der Waals surface area contributed by atoms with E-state index < -0.39 is 29.1 Å². The Bertz CT molecular complexity index is 1440. The lowest BCUT2D eigenvalue weighted by Gasteiger charge is -2.31. The zero-order valence-corrected chi connectivity index (χ0v) is 26.5. The van der Waals surface area contributed by atoms with Crippen LogP contribution < -0.4 is 15.6 Å². The third kappa shape index (κ3) is 8.87. The van der Waals surface area contributed by atoms with Crippen LogP contribution in [0.3, 0.4) is 0 Å². The minimum atomic E-state index is -1.55. The Morgan fingerprint density at radius 3 is 2.36 bits per heavy atom. The van der Waals surface area contributed by atoms with Gasteiger partial charge in [0.05, 0.1) is 6.61 Å². The largest absolute Gasteiger partial charge is 0.494 e. The smallest absolute Gasteiger partial charge is 0.306 e. The molecule has 0 bridgehead atoms. The molecule has 0 saturated heterocycles. The molecule has 1 heterocycles. The van der Waals surface area contributed by atoms with Crippen LogP contribution in [0.1, 0.15) is 62.8 Å². The van der Waals surface area contributed by atoms with Crippen LogP contribution in [-0.4, -0.2) is 47.2 Å². The van der Waals surface area contributed by atoms with Crippen molar-refractivity contribution in [3.05, 3.63) is 99.8 Å². The van der Waals surface area contributed by atoms with Crippen LogP contribution in [0.4, 0.5) is 4.39 Å². The summed E-state index contributed by atoms with van der Waals surface area (Å²) in [6.07, 6.45) is -0.454. The molecule has 3 aromatic carbocycles. The van der Waals surface area contributed by atoms with Crippen LogP contribution >= 0.6 is 15.9 Å². The summed E-state index contributed by atoms with van der Waals surface area (Å²) in [7, 11) is 0. The lowest BCUT2D eigenvalue weighted by atomic mass is 9.83. The number of esters is 1. The van der Waals surface area contributed by atoms with Crippen molar-refractivity contribution >= 4 is 33.7 Å². The molecule has 0 saturated carbocycles. The molecule has 234 valence electrons. The molecule has 1 aliphatic heterocycles. The number of rotatable bonds is 13. The molecule has 0 fully saturated rings. The van der Waals surface area contributed by atoms with Crippen LogP contribution in [0.2, 0.25) is 0 Å². The van der Waals surface area contributed by atoms with E-state index in [0.717, 1.165) is 10.0 Å². The highest BCUT2D eigenvalue weighted by Gasteiger charge is 2.53. The van der Waals surface area contributed by atoms with Gasteiger partial charge in [0, 0.05) is 36.0 Å². The fourth-order valence-electron chi connectivity index (χ4n) is 4.63. The zero-order chi connectivity index (χ0) is 31.7. The molecule has 1 aliphatic rings. The first-order chi connectivity index (χ1) is 21.0. The van der Waals surface area contributed by atoms with Crippen molar-refractivity contribution in [2.24, 2.45) is 4.99 Å². The predicted octanol–water partition coefficient (Wildman–Crippen LogP) is 5.55. The van der Waals surface area contributed by atoms with E-state index in [1.807, 2.05) is 24.3 Å². The Morgan fingerprint density at radius 2 is 1.73 bits per heavy atom. The number of carbonyl (C=O) groups excluding carboxylic acids is 2. The molecule has 44 heavy (non-hydrogen) atoms. The highest BCUT2D eigenvalue weighted by atomic mass is 79.9. The Hall–Kier alpha value is -3.80. The average molecular weight is 671 g/mol. The van der Waals surface area contributed by atoms with Gasteiger partial charge in [0.25, 0.3) is 5.91 Å². The molecule has 0 spiro atoms. The first-order valence-electron chi connectivity index (χ1n) is 14.3. The maximum absolute atomic E-state index is 14.1. The number of hydrazine groups is 1. The van der Waals surface area contributed by atoms with Crippen molar-refractivity contribution in [2.45, 2.75) is 63.8 Å². The topological polar surface area (TPSA) is 118 Å². The summed E-state index contributed by atoms with van der Waals surface area (Å²) in [6, 6.07) is 20.4. The number of amides is 1.